The van der Waals surface area contributed by atoms with Gasteiger partial charge in [-0.05, 0) is 58.0 Å². The van der Waals surface area contributed by atoms with Gasteiger partial charge in [0.25, 0.3) is 5.91 Å². The number of anilines is 2. The molecule has 0 fully saturated rings. The number of esters is 1. The van der Waals surface area contributed by atoms with Gasteiger partial charge in [-0.3, -0.25) is 10.1 Å². The zero-order valence-corrected chi connectivity index (χ0v) is 17.2. The molecule has 0 spiro atoms. The standard InChI is InChI=1S/C20H22ClN3O5/c1-12(17(25)24-16-9-8-14(21)11-22-16)28-18(26)13-6-5-7-15(10-13)23-19(27)29-20(2,3)4/h5-12H,1-4H3,(H,23,27)(H,22,24,25)/t12-/m1/s1. The number of benzene rings is 1. The minimum Gasteiger partial charge on any atom is -0.449 e. The van der Waals surface area contributed by atoms with Crippen LogP contribution in [0.1, 0.15) is 38.1 Å². The summed E-state index contributed by atoms with van der Waals surface area (Å²) in [6.07, 6.45) is -0.328. The summed E-state index contributed by atoms with van der Waals surface area (Å²) in [6, 6.07) is 9.21. The number of ether oxygens (including phenoxy) is 2. The van der Waals surface area contributed by atoms with E-state index in [9.17, 15) is 14.4 Å². The number of hydrogen-bond acceptors (Lipinski definition) is 6. The summed E-state index contributed by atoms with van der Waals surface area (Å²) < 4.78 is 10.4. The summed E-state index contributed by atoms with van der Waals surface area (Å²) >= 11 is 5.74. The fraction of sp³-hybridized carbons (Fsp3) is 0.300. The Bertz CT molecular complexity index is 894. The van der Waals surface area contributed by atoms with Crippen LogP contribution >= 0.6 is 11.6 Å². The minimum atomic E-state index is -1.07. The van der Waals surface area contributed by atoms with Crippen LogP contribution < -0.4 is 10.6 Å². The Morgan fingerprint density at radius 2 is 1.83 bits per heavy atom. The van der Waals surface area contributed by atoms with Gasteiger partial charge in [0.2, 0.25) is 0 Å². The van der Waals surface area contributed by atoms with E-state index in [-0.39, 0.29) is 11.4 Å². The number of nitrogens with one attached hydrogen (secondary N) is 2. The maximum atomic E-state index is 12.3. The molecule has 29 heavy (non-hydrogen) atoms. The average Bonchev–Trinajstić information content (AvgIpc) is 2.62. The molecule has 1 aromatic carbocycles. The van der Waals surface area contributed by atoms with Gasteiger partial charge in [0.1, 0.15) is 11.4 Å². The van der Waals surface area contributed by atoms with Crippen LogP contribution in [-0.2, 0) is 14.3 Å². The number of aromatic nitrogens is 1. The number of carbonyl (C=O) groups excluding carboxylic acids is 3. The first kappa shape index (κ1) is 22.2. The summed E-state index contributed by atoms with van der Waals surface area (Å²) in [7, 11) is 0. The molecule has 0 aliphatic carbocycles. The SMILES string of the molecule is C[C@@H](OC(=O)c1cccc(NC(=O)OC(C)(C)C)c1)C(=O)Nc1ccc(Cl)cn1. The molecule has 9 heteroatoms. The van der Waals surface area contributed by atoms with Crippen molar-refractivity contribution in [3.63, 3.8) is 0 Å². The zero-order chi connectivity index (χ0) is 21.6. The van der Waals surface area contributed by atoms with Crippen molar-refractivity contribution in [3.8, 4) is 0 Å². The molecule has 1 aromatic heterocycles. The van der Waals surface area contributed by atoms with Gasteiger partial charge in [-0.25, -0.2) is 14.6 Å². The van der Waals surface area contributed by atoms with Crippen LogP contribution in [0, 0.1) is 0 Å². The fourth-order valence-corrected chi connectivity index (χ4v) is 2.22. The molecule has 0 saturated heterocycles. The molecule has 0 aliphatic heterocycles. The lowest BCUT2D eigenvalue weighted by Crippen LogP contribution is -2.30. The van der Waals surface area contributed by atoms with E-state index >= 15 is 0 Å². The van der Waals surface area contributed by atoms with Gasteiger partial charge in [0.15, 0.2) is 6.10 Å². The van der Waals surface area contributed by atoms with Crippen molar-refractivity contribution in [2.75, 3.05) is 10.6 Å². The number of halogens is 1. The number of pyridine rings is 1. The van der Waals surface area contributed by atoms with Gasteiger partial charge in [-0.15, -0.1) is 0 Å². The quantitative estimate of drug-likeness (QED) is 0.701. The Labute approximate surface area is 173 Å². The highest BCUT2D eigenvalue weighted by atomic mass is 35.5. The normalized spacial score (nSPS) is 11.9. The second-order valence-corrected chi connectivity index (χ2v) is 7.54. The first-order chi connectivity index (χ1) is 13.5. The number of amides is 2. The molecule has 154 valence electrons. The number of rotatable bonds is 5. The third-order valence-corrected chi connectivity index (χ3v) is 3.60. The van der Waals surface area contributed by atoms with Crippen LogP contribution in [0.2, 0.25) is 5.02 Å². The van der Waals surface area contributed by atoms with Crippen molar-refractivity contribution in [1.82, 2.24) is 4.98 Å². The van der Waals surface area contributed by atoms with Gasteiger partial charge in [-0.2, -0.15) is 0 Å². The van der Waals surface area contributed by atoms with Crippen molar-refractivity contribution in [3.05, 3.63) is 53.2 Å². The van der Waals surface area contributed by atoms with Crippen LogP contribution in [0.15, 0.2) is 42.6 Å². The Hall–Kier alpha value is -3.13. The predicted octanol–water partition coefficient (Wildman–Crippen LogP) is 4.27. The van der Waals surface area contributed by atoms with Crippen molar-refractivity contribution in [1.29, 1.82) is 0 Å². The van der Waals surface area contributed by atoms with Gasteiger partial charge in [0, 0.05) is 11.9 Å². The number of nitrogens with zero attached hydrogens (tertiary/aromatic N) is 1. The van der Waals surface area contributed by atoms with Crippen molar-refractivity contribution in [2.45, 2.75) is 39.4 Å². The van der Waals surface area contributed by atoms with Crippen molar-refractivity contribution >= 4 is 41.1 Å². The third kappa shape index (κ3) is 7.42. The lowest BCUT2D eigenvalue weighted by Gasteiger charge is -2.19. The zero-order valence-electron chi connectivity index (χ0n) is 16.5. The van der Waals surface area contributed by atoms with E-state index in [2.05, 4.69) is 15.6 Å². The molecular formula is C20H22ClN3O5. The van der Waals surface area contributed by atoms with Crippen LogP contribution in [0.3, 0.4) is 0 Å². The first-order valence-electron chi connectivity index (χ1n) is 8.77. The highest BCUT2D eigenvalue weighted by molar-refractivity contribution is 6.30. The molecule has 8 nitrogen and oxygen atoms in total. The molecule has 1 atom stereocenters. The third-order valence-electron chi connectivity index (χ3n) is 3.38. The van der Waals surface area contributed by atoms with Crippen molar-refractivity contribution < 1.29 is 23.9 Å². The van der Waals surface area contributed by atoms with E-state index in [4.69, 9.17) is 21.1 Å². The van der Waals surface area contributed by atoms with Crippen LogP contribution in [0.5, 0.6) is 0 Å². The lowest BCUT2D eigenvalue weighted by atomic mass is 10.2. The predicted molar refractivity (Wildman–Crippen MR) is 109 cm³/mol. The Kier molecular flexibility index (Phi) is 7.17. The Morgan fingerprint density at radius 3 is 2.45 bits per heavy atom. The molecule has 2 rings (SSSR count). The maximum absolute atomic E-state index is 12.3. The van der Waals surface area contributed by atoms with E-state index in [1.165, 1.54) is 31.3 Å². The number of carbonyl (C=O) groups is 3. The van der Waals surface area contributed by atoms with E-state index in [0.717, 1.165) is 0 Å². The second-order valence-electron chi connectivity index (χ2n) is 7.11. The fourth-order valence-electron chi connectivity index (χ4n) is 2.11. The van der Waals surface area contributed by atoms with E-state index in [1.807, 2.05) is 0 Å². The summed E-state index contributed by atoms with van der Waals surface area (Å²) in [5.74, 6) is -0.980. The van der Waals surface area contributed by atoms with Crippen LogP contribution in [0.25, 0.3) is 0 Å². The molecule has 2 amide bonds. The largest absolute Gasteiger partial charge is 0.449 e. The molecule has 0 aliphatic rings. The summed E-state index contributed by atoms with van der Waals surface area (Å²) in [4.78, 5) is 40.3. The van der Waals surface area contributed by atoms with Gasteiger partial charge >= 0.3 is 12.1 Å². The molecular weight excluding hydrogens is 398 g/mol. The number of hydrogen-bond donors (Lipinski definition) is 2. The second kappa shape index (κ2) is 9.38. The first-order valence-corrected chi connectivity index (χ1v) is 9.15. The van der Waals surface area contributed by atoms with Gasteiger partial charge in [0.05, 0.1) is 10.6 Å². The molecule has 2 aromatic rings. The molecule has 0 unspecified atom stereocenters. The average molecular weight is 420 g/mol. The molecule has 0 radical (unpaired) electrons. The summed E-state index contributed by atoms with van der Waals surface area (Å²) in [5.41, 5.74) is -0.124. The Balaban J connectivity index is 1.96. The summed E-state index contributed by atoms with van der Waals surface area (Å²) in [5, 5.41) is 5.50. The highest BCUT2D eigenvalue weighted by Gasteiger charge is 2.20. The van der Waals surface area contributed by atoms with E-state index < -0.39 is 29.7 Å². The molecule has 0 bridgehead atoms. The van der Waals surface area contributed by atoms with Crippen LogP contribution in [0.4, 0.5) is 16.3 Å². The molecule has 1 heterocycles. The van der Waals surface area contributed by atoms with E-state index in [0.29, 0.717) is 10.7 Å². The highest BCUT2D eigenvalue weighted by Crippen LogP contribution is 2.15. The molecule has 2 N–H and O–H groups in total. The van der Waals surface area contributed by atoms with E-state index in [1.54, 1.807) is 39.0 Å². The monoisotopic (exact) mass is 419 g/mol. The topological polar surface area (TPSA) is 107 Å². The lowest BCUT2D eigenvalue weighted by molar-refractivity contribution is -0.123. The smallest absolute Gasteiger partial charge is 0.412 e. The van der Waals surface area contributed by atoms with Crippen LogP contribution in [-0.4, -0.2) is 34.7 Å². The maximum Gasteiger partial charge on any atom is 0.412 e. The van der Waals surface area contributed by atoms with Gasteiger partial charge < -0.3 is 14.8 Å². The van der Waals surface area contributed by atoms with Crippen molar-refractivity contribution in [2.24, 2.45) is 0 Å². The summed E-state index contributed by atoms with van der Waals surface area (Å²) in [6.45, 7) is 6.66. The molecule has 0 saturated carbocycles. The minimum absolute atomic E-state index is 0.169. The Morgan fingerprint density at radius 1 is 1.10 bits per heavy atom. The van der Waals surface area contributed by atoms with Gasteiger partial charge in [-0.1, -0.05) is 17.7 Å².